The van der Waals surface area contributed by atoms with E-state index in [1.807, 2.05) is 18.2 Å². The first-order chi connectivity index (χ1) is 18.0. The van der Waals surface area contributed by atoms with E-state index in [4.69, 9.17) is 9.47 Å². The van der Waals surface area contributed by atoms with Crippen LogP contribution in [0, 0.1) is 0 Å². The van der Waals surface area contributed by atoms with Crippen LogP contribution in [0.5, 0.6) is 5.75 Å². The van der Waals surface area contributed by atoms with Gasteiger partial charge in [-0.05, 0) is 62.1 Å². The molecule has 2 aliphatic rings. The van der Waals surface area contributed by atoms with Crippen molar-refractivity contribution in [1.82, 2.24) is 19.9 Å². The van der Waals surface area contributed by atoms with Gasteiger partial charge in [0, 0.05) is 43.2 Å². The molecule has 0 amide bonds. The van der Waals surface area contributed by atoms with Crippen LogP contribution in [0.4, 0.5) is 5.82 Å². The number of hydrogen-bond donors (Lipinski definition) is 1. The Balaban J connectivity index is 1.04. The van der Waals surface area contributed by atoms with Gasteiger partial charge in [0.2, 0.25) is 0 Å². The SMILES string of the molecule is CC1(C)Cc2c(sc3ncnc(NC4CCN(Cc5ccc(OCc6ccccn6)cc5)CC4)c23)CO1. The minimum Gasteiger partial charge on any atom is -0.487 e. The van der Waals surface area contributed by atoms with E-state index >= 15 is 0 Å². The van der Waals surface area contributed by atoms with E-state index in [-0.39, 0.29) is 5.60 Å². The summed E-state index contributed by atoms with van der Waals surface area (Å²) in [5, 5.41) is 4.97. The first kappa shape index (κ1) is 24.3. The van der Waals surface area contributed by atoms with E-state index in [0.717, 1.165) is 61.0 Å². The summed E-state index contributed by atoms with van der Waals surface area (Å²) in [5.41, 5.74) is 3.46. The van der Waals surface area contributed by atoms with E-state index in [1.54, 1.807) is 23.9 Å². The summed E-state index contributed by atoms with van der Waals surface area (Å²) in [5.74, 6) is 1.86. The second-order valence-electron chi connectivity index (χ2n) is 10.6. The first-order valence-electron chi connectivity index (χ1n) is 13.0. The van der Waals surface area contributed by atoms with Crippen molar-refractivity contribution in [2.24, 2.45) is 0 Å². The molecular weight excluding hydrogens is 482 g/mol. The molecule has 1 N–H and O–H groups in total. The molecule has 0 radical (unpaired) electrons. The number of nitrogens with one attached hydrogen (secondary N) is 1. The molecule has 0 unspecified atom stereocenters. The normalized spacial score (nSPS) is 18.0. The minimum absolute atomic E-state index is 0.150. The maximum atomic E-state index is 6.04. The predicted molar refractivity (Wildman–Crippen MR) is 147 cm³/mol. The fraction of sp³-hybridized carbons (Fsp3) is 0.414. The lowest BCUT2D eigenvalue weighted by Crippen LogP contribution is -2.38. The van der Waals surface area contributed by atoms with Gasteiger partial charge in [0.05, 0.1) is 23.3 Å². The standard InChI is InChI=1S/C29H33N5O2S/c1-29(2)15-24-25(18-36-29)37-28-26(24)27(31-19-32-28)33-21-10-13-34(14-11-21)16-20-6-8-23(9-7-20)35-17-22-5-3-4-12-30-22/h3-9,12,19,21H,10-11,13-18H2,1-2H3,(H,31,32,33). The maximum Gasteiger partial charge on any atom is 0.138 e. The first-order valence-corrected chi connectivity index (χ1v) is 13.8. The Morgan fingerprint density at radius 3 is 2.70 bits per heavy atom. The Bertz CT molecular complexity index is 1350. The average molecular weight is 516 g/mol. The van der Waals surface area contributed by atoms with Crippen molar-refractivity contribution < 1.29 is 9.47 Å². The molecule has 2 aliphatic heterocycles. The summed E-state index contributed by atoms with van der Waals surface area (Å²) < 4.78 is 11.9. The van der Waals surface area contributed by atoms with E-state index in [1.165, 1.54) is 21.4 Å². The lowest BCUT2D eigenvalue weighted by atomic mass is 9.94. The van der Waals surface area contributed by atoms with Crippen molar-refractivity contribution in [1.29, 1.82) is 0 Å². The number of hydrogen-bond acceptors (Lipinski definition) is 8. The number of pyridine rings is 1. The Kier molecular flexibility index (Phi) is 6.80. The summed E-state index contributed by atoms with van der Waals surface area (Å²) in [6, 6.07) is 14.7. The Hall–Kier alpha value is -3.07. The van der Waals surface area contributed by atoms with Gasteiger partial charge in [0.15, 0.2) is 0 Å². The van der Waals surface area contributed by atoms with Crippen LogP contribution in [0.25, 0.3) is 10.2 Å². The monoisotopic (exact) mass is 515 g/mol. The van der Waals surface area contributed by atoms with Gasteiger partial charge in [-0.1, -0.05) is 18.2 Å². The molecule has 1 aromatic carbocycles. The Morgan fingerprint density at radius 2 is 1.92 bits per heavy atom. The number of benzene rings is 1. The van der Waals surface area contributed by atoms with Gasteiger partial charge < -0.3 is 14.8 Å². The number of thiophene rings is 1. The number of likely N-dealkylation sites (tertiary alicyclic amines) is 1. The van der Waals surface area contributed by atoms with Gasteiger partial charge in [-0.2, -0.15) is 0 Å². The van der Waals surface area contributed by atoms with Crippen LogP contribution in [0.15, 0.2) is 55.0 Å². The van der Waals surface area contributed by atoms with Crippen LogP contribution < -0.4 is 10.1 Å². The fourth-order valence-electron chi connectivity index (χ4n) is 5.21. The molecule has 37 heavy (non-hydrogen) atoms. The molecule has 1 saturated heterocycles. The summed E-state index contributed by atoms with van der Waals surface area (Å²) in [6.07, 6.45) is 6.57. The van der Waals surface area contributed by atoms with Crippen LogP contribution >= 0.6 is 11.3 Å². The molecule has 4 aromatic rings. The lowest BCUT2D eigenvalue weighted by molar-refractivity contribution is -0.0379. The molecule has 0 saturated carbocycles. The number of anilines is 1. The summed E-state index contributed by atoms with van der Waals surface area (Å²) >= 11 is 1.74. The molecule has 3 aromatic heterocycles. The highest BCUT2D eigenvalue weighted by Crippen LogP contribution is 2.40. The predicted octanol–water partition coefficient (Wildman–Crippen LogP) is 5.59. The number of ether oxygens (including phenoxy) is 2. The molecular formula is C29H33N5O2S. The largest absolute Gasteiger partial charge is 0.487 e. The van der Waals surface area contributed by atoms with Gasteiger partial charge in [0.1, 0.15) is 29.3 Å². The number of piperidine rings is 1. The van der Waals surface area contributed by atoms with Crippen LogP contribution in [-0.4, -0.2) is 44.6 Å². The van der Waals surface area contributed by atoms with Crippen LogP contribution in [0.1, 0.15) is 48.4 Å². The lowest BCUT2D eigenvalue weighted by Gasteiger charge is -2.33. The maximum absolute atomic E-state index is 6.04. The molecule has 8 heteroatoms. The van der Waals surface area contributed by atoms with Crippen molar-refractivity contribution in [3.05, 3.63) is 76.7 Å². The molecule has 0 aliphatic carbocycles. The Morgan fingerprint density at radius 1 is 1.08 bits per heavy atom. The molecule has 7 nitrogen and oxygen atoms in total. The quantitative estimate of drug-likeness (QED) is 0.344. The summed E-state index contributed by atoms with van der Waals surface area (Å²) in [6.45, 7) is 8.55. The highest BCUT2D eigenvalue weighted by molar-refractivity contribution is 7.18. The van der Waals surface area contributed by atoms with E-state index < -0.39 is 0 Å². The van der Waals surface area contributed by atoms with Gasteiger partial charge in [-0.25, -0.2) is 9.97 Å². The zero-order chi connectivity index (χ0) is 25.2. The third-order valence-corrected chi connectivity index (χ3v) is 8.35. The molecule has 6 rings (SSSR count). The van der Waals surface area contributed by atoms with E-state index in [9.17, 15) is 0 Å². The third-order valence-electron chi connectivity index (χ3n) is 7.24. The number of rotatable bonds is 7. The van der Waals surface area contributed by atoms with Crippen molar-refractivity contribution in [3.8, 4) is 5.75 Å². The van der Waals surface area contributed by atoms with Crippen LogP contribution in [0.3, 0.4) is 0 Å². The van der Waals surface area contributed by atoms with Crippen molar-refractivity contribution in [2.45, 2.75) is 64.5 Å². The second-order valence-corrected chi connectivity index (χ2v) is 11.7. The van der Waals surface area contributed by atoms with Crippen molar-refractivity contribution in [2.75, 3.05) is 18.4 Å². The molecule has 0 atom stereocenters. The van der Waals surface area contributed by atoms with E-state index in [2.05, 4.69) is 63.3 Å². The summed E-state index contributed by atoms with van der Waals surface area (Å²) in [4.78, 5) is 18.4. The van der Waals surface area contributed by atoms with Crippen molar-refractivity contribution in [3.63, 3.8) is 0 Å². The van der Waals surface area contributed by atoms with Gasteiger partial charge in [-0.3, -0.25) is 9.88 Å². The molecule has 0 bridgehead atoms. The second kappa shape index (κ2) is 10.4. The fourth-order valence-corrected chi connectivity index (χ4v) is 6.28. The van der Waals surface area contributed by atoms with Gasteiger partial charge >= 0.3 is 0 Å². The topological polar surface area (TPSA) is 72.4 Å². The zero-order valence-electron chi connectivity index (χ0n) is 21.4. The Labute approximate surface area is 221 Å². The van der Waals surface area contributed by atoms with E-state index in [0.29, 0.717) is 19.3 Å². The zero-order valence-corrected chi connectivity index (χ0v) is 22.3. The average Bonchev–Trinajstić information content (AvgIpc) is 3.28. The summed E-state index contributed by atoms with van der Waals surface area (Å²) in [7, 11) is 0. The molecule has 5 heterocycles. The molecule has 0 spiro atoms. The number of fused-ring (bicyclic) bond motifs is 3. The van der Waals surface area contributed by atoms with Crippen molar-refractivity contribution >= 4 is 27.4 Å². The molecule has 1 fully saturated rings. The third kappa shape index (κ3) is 5.61. The molecule has 192 valence electrons. The van der Waals surface area contributed by atoms with Gasteiger partial charge in [0.25, 0.3) is 0 Å². The van der Waals surface area contributed by atoms with Gasteiger partial charge in [-0.15, -0.1) is 11.3 Å². The van der Waals surface area contributed by atoms with Crippen LogP contribution in [-0.2, 0) is 30.9 Å². The number of nitrogens with zero attached hydrogens (tertiary/aromatic N) is 4. The van der Waals surface area contributed by atoms with Crippen LogP contribution in [0.2, 0.25) is 0 Å². The minimum atomic E-state index is -0.150. The smallest absolute Gasteiger partial charge is 0.138 e. The highest BCUT2D eigenvalue weighted by Gasteiger charge is 2.31. The number of aromatic nitrogens is 3. The highest BCUT2D eigenvalue weighted by atomic mass is 32.1.